The minimum atomic E-state index is -2.73. The first-order valence-corrected chi connectivity index (χ1v) is 7.35. The molecule has 2 fully saturated rings. The molecule has 0 radical (unpaired) electrons. The fourth-order valence-corrected chi connectivity index (χ4v) is 3.36. The summed E-state index contributed by atoms with van der Waals surface area (Å²) in [5.74, 6) is -3.56. The number of carbonyl (C=O) groups is 2. The van der Waals surface area contributed by atoms with Crippen molar-refractivity contribution in [3.05, 3.63) is 17.0 Å². The number of aldehydes is 1. The molecule has 0 unspecified atom stereocenters. The van der Waals surface area contributed by atoms with Crippen molar-refractivity contribution < 1.29 is 27.5 Å². The van der Waals surface area contributed by atoms with Crippen molar-refractivity contribution >= 4 is 12.3 Å². The highest BCUT2D eigenvalue weighted by molar-refractivity contribution is 5.97. The SMILES string of the molecule is COC(=O)c1c(C=O)c(C2(F)CC2)nn1CC1(C)CC(F)(F)C1. The maximum atomic E-state index is 14.4. The van der Waals surface area contributed by atoms with Gasteiger partial charge in [-0.25, -0.2) is 18.0 Å². The summed E-state index contributed by atoms with van der Waals surface area (Å²) in [5.41, 5.74) is -2.88. The largest absolute Gasteiger partial charge is 0.464 e. The number of ether oxygens (including phenoxy) is 1. The molecule has 8 heteroatoms. The number of esters is 1. The zero-order valence-electron chi connectivity index (χ0n) is 12.9. The molecule has 0 saturated heterocycles. The number of carbonyl (C=O) groups excluding carboxylic acids is 2. The van der Waals surface area contributed by atoms with Gasteiger partial charge in [0.2, 0.25) is 5.92 Å². The maximum absolute atomic E-state index is 14.4. The Morgan fingerprint density at radius 3 is 2.39 bits per heavy atom. The number of aromatic nitrogens is 2. The lowest BCUT2D eigenvalue weighted by Gasteiger charge is -2.44. The fraction of sp³-hybridized carbons (Fsp3) is 0.667. The maximum Gasteiger partial charge on any atom is 0.357 e. The van der Waals surface area contributed by atoms with E-state index in [1.165, 1.54) is 0 Å². The molecular formula is C15H17F3N2O3. The summed E-state index contributed by atoms with van der Waals surface area (Å²) >= 11 is 0. The Hall–Kier alpha value is -1.86. The van der Waals surface area contributed by atoms with Crippen molar-refractivity contribution in [2.24, 2.45) is 5.41 Å². The molecule has 0 aromatic carbocycles. The van der Waals surface area contributed by atoms with E-state index in [2.05, 4.69) is 9.84 Å². The fourth-order valence-electron chi connectivity index (χ4n) is 3.36. The van der Waals surface area contributed by atoms with E-state index in [1.807, 2.05) is 0 Å². The predicted molar refractivity (Wildman–Crippen MR) is 73.3 cm³/mol. The zero-order valence-corrected chi connectivity index (χ0v) is 12.9. The smallest absolute Gasteiger partial charge is 0.357 e. The summed E-state index contributed by atoms with van der Waals surface area (Å²) in [6.07, 6.45) is 0.143. The van der Waals surface area contributed by atoms with E-state index in [0.717, 1.165) is 11.8 Å². The van der Waals surface area contributed by atoms with Gasteiger partial charge in [-0.1, -0.05) is 6.92 Å². The number of hydrogen-bond donors (Lipinski definition) is 0. The van der Waals surface area contributed by atoms with Gasteiger partial charge in [0.25, 0.3) is 0 Å². The van der Waals surface area contributed by atoms with Gasteiger partial charge >= 0.3 is 5.97 Å². The number of nitrogens with zero attached hydrogens (tertiary/aromatic N) is 2. The summed E-state index contributed by atoms with van der Waals surface area (Å²) < 4.78 is 46.5. The first-order chi connectivity index (χ1) is 10.6. The second kappa shape index (κ2) is 4.82. The molecule has 0 N–H and O–H groups in total. The molecule has 5 nitrogen and oxygen atoms in total. The van der Waals surface area contributed by atoms with Crippen LogP contribution in [0.1, 0.15) is 59.1 Å². The van der Waals surface area contributed by atoms with Crippen molar-refractivity contribution in [1.29, 1.82) is 0 Å². The van der Waals surface area contributed by atoms with Crippen LogP contribution in [-0.4, -0.2) is 35.1 Å². The molecule has 1 aromatic rings. The van der Waals surface area contributed by atoms with Crippen LogP contribution in [0.3, 0.4) is 0 Å². The summed E-state index contributed by atoms with van der Waals surface area (Å²) in [6.45, 7) is 1.65. The zero-order chi connectivity index (χ0) is 17.0. The summed E-state index contributed by atoms with van der Waals surface area (Å²) in [5, 5.41) is 4.06. The van der Waals surface area contributed by atoms with Gasteiger partial charge in [0, 0.05) is 19.4 Å². The highest BCUT2D eigenvalue weighted by Crippen LogP contribution is 2.53. The third-order valence-corrected chi connectivity index (χ3v) is 4.50. The van der Waals surface area contributed by atoms with E-state index >= 15 is 0 Å². The average molecular weight is 330 g/mol. The lowest BCUT2D eigenvalue weighted by Crippen LogP contribution is -2.47. The lowest BCUT2D eigenvalue weighted by atomic mass is 9.67. The van der Waals surface area contributed by atoms with Crippen LogP contribution in [0.5, 0.6) is 0 Å². The quantitative estimate of drug-likeness (QED) is 0.615. The highest BCUT2D eigenvalue weighted by atomic mass is 19.3. The Morgan fingerprint density at radius 2 is 1.96 bits per heavy atom. The predicted octanol–water partition coefficient (Wildman–Crippen LogP) is 2.88. The molecule has 0 bridgehead atoms. The molecule has 0 aliphatic heterocycles. The van der Waals surface area contributed by atoms with Gasteiger partial charge in [0.15, 0.2) is 17.6 Å². The molecule has 0 atom stereocenters. The van der Waals surface area contributed by atoms with E-state index in [9.17, 15) is 22.8 Å². The van der Waals surface area contributed by atoms with Crippen LogP contribution in [0.4, 0.5) is 13.2 Å². The van der Waals surface area contributed by atoms with Crippen LogP contribution in [0, 0.1) is 5.41 Å². The Bertz CT molecular complexity index is 672. The summed E-state index contributed by atoms with van der Waals surface area (Å²) in [7, 11) is 1.13. The van der Waals surface area contributed by atoms with E-state index < -0.39 is 23.0 Å². The third-order valence-electron chi connectivity index (χ3n) is 4.50. The summed E-state index contributed by atoms with van der Waals surface area (Å²) in [6, 6.07) is 0. The summed E-state index contributed by atoms with van der Waals surface area (Å²) in [4.78, 5) is 23.3. The second-order valence-corrected chi connectivity index (χ2v) is 6.86. The second-order valence-electron chi connectivity index (χ2n) is 6.86. The highest BCUT2D eigenvalue weighted by Gasteiger charge is 2.55. The molecule has 0 amide bonds. The number of hydrogen-bond acceptors (Lipinski definition) is 4. The molecule has 1 aromatic heterocycles. The van der Waals surface area contributed by atoms with Crippen molar-refractivity contribution in [1.82, 2.24) is 9.78 Å². The minimum Gasteiger partial charge on any atom is -0.464 e. The third kappa shape index (κ3) is 2.64. The van der Waals surface area contributed by atoms with Gasteiger partial charge in [-0.05, 0) is 18.3 Å². The number of halogens is 3. The van der Waals surface area contributed by atoms with Gasteiger partial charge in [0.05, 0.1) is 12.7 Å². The average Bonchev–Trinajstić information content (AvgIpc) is 3.06. The van der Waals surface area contributed by atoms with Gasteiger partial charge in [-0.3, -0.25) is 9.48 Å². The molecule has 0 spiro atoms. The van der Waals surface area contributed by atoms with Crippen LogP contribution in [0.25, 0.3) is 0 Å². The van der Waals surface area contributed by atoms with Crippen LogP contribution in [0.15, 0.2) is 0 Å². The number of methoxy groups -OCH3 is 1. The van der Waals surface area contributed by atoms with Crippen LogP contribution < -0.4 is 0 Å². The van der Waals surface area contributed by atoms with Crippen molar-refractivity contribution in [3.63, 3.8) is 0 Å². The molecule has 1 heterocycles. The number of alkyl halides is 3. The monoisotopic (exact) mass is 330 g/mol. The van der Waals surface area contributed by atoms with Crippen LogP contribution >= 0.6 is 0 Å². The molecule has 23 heavy (non-hydrogen) atoms. The lowest BCUT2D eigenvalue weighted by molar-refractivity contribution is -0.160. The molecule has 126 valence electrons. The Balaban J connectivity index is 2.00. The first kappa shape index (κ1) is 16.0. The molecule has 2 aliphatic carbocycles. The Morgan fingerprint density at radius 1 is 1.35 bits per heavy atom. The Kier molecular flexibility index (Phi) is 3.35. The molecule has 3 rings (SSSR count). The van der Waals surface area contributed by atoms with Crippen molar-refractivity contribution in [2.75, 3.05) is 7.11 Å². The van der Waals surface area contributed by atoms with E-state index in [-0.39, 0.29) is 49.2 Å². The normalized spacial score (nSPS) is 23.0. The van der Waals surface area contributed by atoms with Gasteiger partial charge in [-0.15, -0.1) is 0 Å². The topological polar surface area (TPSA) is 61.2 Å². The molecule has 2 aliphatic rings. The van der Waals surface area contributed by atoms with Gasteiger partial charge in [0.1, 0.15) is 5.69 Å². The molecule has 2 saturated carbocycles. The van der Waals surface area contributed by atoms with Crippen molar-refractivity contribution in [3.8, 4) is 0 Å². The van der Waals surface area contributed by atoms with Gasteiger partial charge in [-0.2, -0.15) is 5.10 Å². The minimum absolute atomic E-state index is 0.00391. The van der Waals surface area contributed by atoms with E-state index in [0.29, 0.717) is 6.29 Å². The van der Waals surface area contributed by atoms with E-state index in [4.69, 9.17) is 0 Å². The first-order valence-electron chi connectivity index (χ1n) is 7.35. The Labute approximate surface area is 130 Å². The van der Waals surface area contributed by atoms with Crippen LogP contribution in [-0.2, 0) is 17.0 Å². The van der Waals surface area contributed by atoms with E-state index in [1.54, 1.807) is 6.92 Å². The van der Waals surface area contributed by atoms with Gasteiger partial charge < -0.3 is 4.74 Å². The van der Waals surface area contributed by atoms with Crippen molar-refractivity contribution in [2.45, 2.75) is 50.7 Å². The molecular weight excluding hydrogens is 313 g/mol. The van der Waals surface area contributed by atoms with Crippen LogP contribution in [0.2, 0.25) is 0 Å². The number of rotatable bonds is 5. The standard InChI is InChI=1S/C15H17F3N2O3/c1-13(6-15(17,18)7-13)8-20-10(12(22)23-2)9(5-21)11(19-20)14(16)3-4-14/h5H,3-4,6-8H2,1-2H3.